The zero-order valence-electron chi connectivity index (χ0n) is 21.8. The topological polar surface area (TPSA) is 135 Å². The van der Waals surface area contributed by atoms with Crippen LogP contribution in [0.2, 0.25) is 0 Å². The maximum atomic E-state index is 15.1. The van der Waals surface area contributed by atoms with E-state index in [0.717, 1.165) is 34.1 Å². The van der Waals surface area contributed by atoms with E-state index in [1.54, 1.807) is 39.8 Å². The highest BCUT2D eigenvalue weighted by molar-refractivity contribution is 8.13. The molecular formula is C26H24ClF2N5O4S2. The van der Waals surface area contributed by atoms with E-state index in [1.165, 1.54) is 12.1 Å². The van der Waals surface area contributed by atoms with Crippen LogP contribution in [-0.2, 0) is 19.1 Å². The molecule has 0 aliphatic rings. The molecule has 40 heavy (non-hydrogen) atoms. The molecule has 0 saturated carbocycles. The minimum absolute atomic E-state index is 0.00504. The standard InChI is InChI=1S/C26H24ClF2N5O4S2/c1-15-5-7-18(8-6-15)40(37,38)34-13-20(19-10-17(28)12-31-25(19)34)23-16(11-30)9-21(29)24(33-23)32-22(26(2,3)4)14-39(27,35)36/h5-10,12-13,22H,14H2,1-4H3,(H,32,33)/t22-/m1/s1. The van der Waals surface area contributed by atoms with Crippen molar-refractivity contribution in [3.63, 3.8) is 0 Å². The molecule has 3 aromatic heterocycles. The molecule has 1 N–H and O–H groups in total. The van der Waals surface area contributed by atoms with Gasteiger partial charge in [-0.15, -0.1) is 0 Å². The Kier molecular flexibility index (Phi) is 7.66. The largest absolute Gasteiger partial charge is 0.363 e. The fraction of sp³-hybridized carbons (Fsp3) is 0.269. The lowest BCUT2D eigenvalue weighted by molar-refractivity contribution is 0.358. The molecule has 0 aliphatic heterocycles. The van der Waals surface area contributed by atoms with Crippen molar-refractivity contribution in [1.29, 1.82) is 5.26 Å². The van der Waals surface area contributed by atoms with Gasteiger partial charge in [0.15, 0.2) is 17.3 Å². The molecule has 210 valence electrons. The number of fused-ring (bicyclic) bond motifs is 1. The van der Waals surface area contributed by atoms with Crippen LogP contribution in [0.1, 0.15) is 31.9 Å². The van der Waals surface area contributed by atoms with Crippen LogP contribution in [0.3, 0.4) is 0 Å². The van der Waals surface area contributed by atoms with Crippen molar-refractivity contribution >= 4 is 46.6 Å². The van der Waals surface area contributed by atoms with E-state index in [2.05, 4.69) is 15.3 Å². The third-order valence-electron chi connectivity index (χ3n) is 6.23. The van der Waals surface area contributed by atoms with E-state index in [1.807, 2.05) is 6.07 Å². The highest BCUT2D eigenvalue weighted by Crippen LogP contribution is 2.35. The van der Waals surface area contributed by atoms with Gasteiger partial charge >= 0.3 is 0 Å². The molecule has 0 saturated heterocycles. The summed E-state index contributed by atoms with van der Waals surface area (Å²) in [4.78, 5) is 8.17. The van der Waals surface area contributed by atoms with Crippen LogP contribution in [0.4, 0.5) is 14.6 Å². The maximum Gasteiger partial charge on any atom is 0.269 e. The molecule has 3 heterocycles. The molecule has 0 radical (unpaired) electrons. The second-order valence-corrected chi connectivity index (χ2v) is 14.9. The van der Waals surface area contributed by atoms with Crippen molar-refractivity contribution in [3.8, 4) is 17.3 Å². The van der Waals surface area contributed by atoms with Gasteiger partial charge in [0.05, 0.1) is 28.1 Å². The molecule has 0 spiro atoms. The van der Waals surface area contributed by atoms with Gasteiger partial charge in [0.1, 0.15) is 11.9 Å². The molecule has 0 amide bonds. The smallest absolute Gasteiger partial charge is 0.269 e. The van der Waals surface area contributed by atoms with Gasteiger partial charge in [0.25, 0.3) is 10.0 Å². The minimum Gasteiger partial charge on any atom is -0.363 e. The average Bonchev–Trinajstić information content (AvgIpc) is 3.22. The number of benzene rings is 1. The van der Waals surface area contributed by atoms with Crippen LogP contribution in [-0.4, -0.2) is 42.6 Å². The second-order valence-electron chi connectivity index (χ2n) is 10.3. The van der Waals surface area contributed by atoms with Crippen LogP contribution in [0, 0.1) is 35.3 Å². The fourth-order valence-electron chi connectivity index (χ4n) is 4.00. The monoisotopic (exact) mass is 607 g/mol. The number of nitriles is 1. The van der Waals surface area contributed by atoms with E-state index in [9.17, 15) is 26.5 Å². The Balaban J connectivity index is 1.95. The number of rotatable bonds is 7. The number of anilines is 1. The lowest BCUT2D eigenvalue weighted by Crippen LogP contribution is -2.39. The molecule has 14 heteroatoms. The Hall–Kier alpha value is -3.60. The maximum absolute atomic E-state index is 15.1. The molecule has 0 aliphatic carbocycles. The first kappa shape index (κ1) is 29.4. The lowest BCUT2D eigenvalue weighted by atomic mass is 9.88. The van der Waals surface area contributed by atoms with Crippen LogP contribution < -0.4 is 5.32 Å². The predicted octanol–water partition coefficient (Wildman–Crippen LogP) is 5.19. The summed E-state index contributed by atoms with van der Waals surface area (Å²) in [7, 11) is -2.76. The van der Waals surface area contributed by atoms with Crippen LogP contribution in [0.15, 0.2) is 53.7 Å². The first-order valence-electron chi connectivity index (χ1n) is 11.8. The Bertz CT molecular complexity index is 1880. The molecule has 0 fully saturated rings. The highest BCUT2D eigenvalue weighted by atomic mass is 35.7. The Morgan fingerprint density at radius 1 is 1.12 bits per heavy atom. The van der Waals surface area contributed by atoms with Crippen molar-refractivity contribution in [2.24, 2.45) is 5.41 Å². The van der Waals surface area contributed by atoms with Crippen LogP contribution >= 0.6 is 10.7 Å². The fourth-order valence-corrected chi connectivity index (χ4v) is 6.69. The van der Waals surface area contributed by atoms with Crippen molar-refractivity contribution in [2.45, 2.75) is 38.6 Å². The highest BCUT2D eigenvalue weighted by Gasteiger charge is 2.31. The van der Waals surface area contributed by atoms with Crippen molar-refractivity contribution in [1.82, 2.24) is 13.9 Å². The van der Waals surface area contributed by atoms with Gasteiger partial charge in [-0.25, -0.2) is 39.6 Å². The molecule has 1 atom stereocenters. The van der Waals surface area contributed by atoms with Crippen LogP contribution in [0.5, 0.6) is 0 Å². The third-order valence-corrected chi connectivity index (χ3v) is 9.00. The molecule has 1 aromatic carbocycles. The quantitative estimate of drug-likeness (QED) is 0.284. The summed E-state index contributed by atoms with van der Waals surface area (Å²) in [5, 5.41) is 12.5. The lowest BCUT2D eigenvalue weighted by Gasteiger charge is -2.31. The molecule has 0 unspecified atom stereocenters. The SMILES string of the molecule is Cc1ccc(S(=O)(=O)n2cc(-c3nc(N[C@H](CS(=O)(=O)Cl)C(C)(C)C)c(F)cc3C#N)c3cc(F)cnc32)cc1. The summed E-state index contributed by atoms with van der Waals surface area (Å²) < 4.78 is 81.1. The van der Waals surface area contributed by atoms with Gasteiger partial charge in [0, 0.05) is 33.9 Å². The first-order chi connectivity index (χ1) is 18.5. The van der Waals surface area contributed by atoms with E-state index in [-0.39, 0.29) is 32.7 Å². The van der Waals surface area contributed by atoms with Crippen molar-refractivity contribution < 1.29 is 25.6 Å². The summed E-state index contributed by atoms with van der Waals surface area (Å²) in [6.07, 6.45) is 1.99. The zero-order chi connectivity index (χ0) is 29.6. The number of aryl methyl sites for hydroxylation is 1. The summed E-state index contributed by atoms with van der Waals surface area (Å²) in [6.45, 7) is 6.94. The Labute approximate surface area is 234 Å². The Morgan fingerprint density at radius 2 is 1.77 bits per heavy atom. The number of aromatic nitrogens is 3. The van der Waals surface area contributed by atoms with Gasteiger partial charge in [0.2, 0.25) is 9.05 Å². The summed E-state index contributed by atoms with van der Waals surface area (Å²) in [5.74, 6) is -2.70. The third kappa shape index (κ3) is 5.94. The molecule has 4 rings (SSSR count). The van der Waals surface area contributed by atoms with Gasteiger partial charge in [-0.3, -0.25) is 0 Å². The molecule has 9 nitrogen and oxygen atoms in total. The number of pyridine rings is 2. The van der Waals surface area contributed by atoms with E-state index in [0.29, 0.717) is 0 Å². The number of nitrogens with zero attached hydrogens (tertiary/aromatic N) is 4. The van der Waals surface area contributed by atoms with Crippen molar-refractivity contribution in [2.75, 3.05) is 11.1 Å². The minimum atomic E-state index is -4.23. The number of halogens is 3. The molecular weight excluding hydrogens is 584 g/mol. The number of nitrogens with one attached hydrogen (secondary N) is 1. The normalized spacial score (nSPS) is 13.2. The first-order valence-corrected chi connectivity index (χ1v) is 15.7. The zero-order valence-corrected chi connectivity index (χ0v) is 24.2. The van der Waals surface area contributed by atoms with Gasteiger partial charge in [-0.05, 0) is 36.6 Å². The van der Waals surface area contributed by atoms with Crippen LogP contribution in [0.25, 0.3) is 22.3 Å². The number of hydrogen-bond acceptors (Lipinski definition) is 8. The van der Waals surface area contributed by atoms with Crippen molar-refractivity contribution in [3.05, 3.63) is 71.6 Å². The van der Waals surface area contributed by atoms with Gasteiger partial charge < -0.3 is 5.32 Å². The molecule has 0 bridgehead atoms. The number of hydrogen-bond donors (Lipinski definition) is 1. The average molecular weight is 608 g/mol. The van der Waals surface area contributed by atoms with Gasteiger partial charge in [-0.1, -0.05) is 38.5 Å². The molecule has 4 aromatic rings. The predicted molar refractivity (Wildman–Crippen MR) is 148 cm³/mol. The summed E-state index contributed by atoms with van der Waals surface area (Å²) in [5.41, 5.74) is -0.465. The Morgan fingerprint density at radius 3 is 2.35 bits per heavy atom. The summed E-state index contributed by atoms with van der Waals surface area (Å²) >= 11 is 0. The summed E-state index contributed by atoms with van der Waals surface area (Å²) in [6, 6.07) is 8.90. The second kappa shape index (κ2) is 10.4. The van der Waals surface area contributed by atoms with E-state index in [4.69, 9.17) is 10.7 Å². The van der Waals surface area contributed by atoms with E-state index < -0.39 is 53.7 Å². The van der Waals surface area contributed by atoms with E-state index >= 15 is 4.39 Å². The van der Waals surface area contributed by atoms with Gasteiger partial charge in [-0.2, -0.15) is 5.26 Å².